The lowest BCUT2D eigenvalue weighted by Crippen LogP contribution is -2.38. The molecule has 0 saturated carbocycles. The predicted octanol–water partition coefficient (Wildman–Crippen LogP) is 2.71. The minimum atomic E-state index is -0.838. The number of aromatic amines is 1. The van der Waals surface area contributed by atoms with E-state index in [1.807, 2.05) is 44.0 Å². The summed E-state index contributed by atoms with van der Waals surface area (Å²) in [6.07, 6.45) is 0.786. The Morgan fingerprint density at radius 3 is 2.78 bits per heavy atom. The molecule has 2 aromatic heterocycles. The summed E-state index contributed by atoms with van der Waals surface area (Å²) in [5.74, 6) is -0.0368. The van der Waals surface area contributed by atoms with Crippen LogP contribution in [0.25, 0.3) is 10.9 Å². The van der Waals surface area contributed by atoms with Crippen molar-refractivity contribution in [2.45, 2.75) is 32.9 Å². The molecule has 0 aliphatic carbocycles. The molecule has 0 bridgehead atoms. The fourth-order valence-electron chi connectivity index (χ4n) is 4.21. The van der Waals surface area contributed by atoms with Crippen LogP contribution in [0.4, 0.5) is 0 Å². The maximum Gasteiger partial charge on any atom is 0.325 e. The first-order valence-corrected chi connectivity index (χ1v) is 9.05. The molecule has 27 heavy (non-hydrogen) atoms. The van der Waals surface area contributed by atoms with Gasteiger partial charge in [-0.1, -0.05) is 0 Å². The second-order valence-electron chi connectivity index (χ2n) is 7.16. The number of methoxy groups -OCH3 is 1. The van der Waals surface area contributed by atoms with Gasteiger partial charge in [0, 0.05) is 54.4 Å². The lowest BCUT2D eigenvalue weighted by molar-refractivity contribution is -0.144. The number of benzene rings is 1. The van der Waals surface area contributed by atoms with Crippen LogP contribution < -0.4 is 4.74 Å². The van der Waals surface area contributed by atoms with Crippen molar-refractivity contribution in [1.29, 1.82) is 0 Å². The highest BCUT2D eigenvalue weighted by Crippen LogP contribution is 2.35. The first-order valence-electron chi connectivity index (χ1n) is 9.05. The summed E-state index contributed by atoms with van der Waals surface area (Å²) in [6, 6.07) is 5.26. The summed E-state index contributed by atoms with van der Waals surface area (Å²) in [7, 11) is 3.51. The Labute approximate surface area is 157 Å². The number of fused-ring (bicyclic) bond motifs is 3. The molecule has 3 heterocycles. The highest BCUT2D eigenvalue weighted by atomic mass is 16.5. The SMILES string of the molecule is COc1ccc2[nH]c3c(c2c1)CN([C@H](C(=O)O)c1c(C)nn(C)c1C)CC3. The fraction of sp³-hybridized carbons (Fsp3) is 0.400. The molecule has 7 nitrogen and oxygen atoms in total. The van der Waals surface area contributed by atoms with Crippen molar-refractivity contribution in [2.24, 2.45) is 7.05 Å². The van der Waals surface area contributed by atoms with Crippen molar-refractivity contribution in [2.75, 3.05) is 13.7 Å². The Kier molecular flexibility index (Phi) is 4.19. The van der Waals surface area contributed by atoms with E-state index in [1.165, 1.54) is 5.69 Å². The number of rotatable bonds is 4. The number of hydrogen-bond acceptors (Lipinski definition) is 4. The number of nitrogens with one attached hydrogen (secondary N) is 1. The fourth-order valence-corrected chi connectivity index (χ4v) is 4.21. The molecule has 0 saturated heterocycles. The Bertz CT molecular complexity index is 1030. The van der Waals surface area contributed by atoms with Crippen LogP contribution in [0, 0.1) is 13.8 Å². The molecule has 1 aliphatic rings. The van der Waals surface area contributed by atoms with Gasteiger partial charge in [0.2, 0.25) is 0 Å². The summed E-state index contributed by atoms with van der Waals surface area (Å²) in [6.45, 7) is 5.07. The van der Waals surface area contributed by atoms with Crippen molar-refractivity contribution < 1.29 is 14.6 Å². The summed E-state index contributed by atoms with van der Waals surface area (Å²) >= 11 is 0. The molecule has 1 aliphatic heterocycles. The number of aryl methyl sites for hydroxylation is 2. The van der Waals surface area contributed by atoms with Crippen molar-refractivity contribution >= 4 is 16.9 Å². The van der Waals surface area contributed by atoms with Gasteiger partial charge in [0.15, 0.2) is 0 Å². The standard InChI is InChI=1S/C20H24N4O3/c1-11-18(12(2)23(3)22-11)19(20(25)26)24-8-7-17-15(10-24)14-9-13(27-4)5-6-16(14)21-17/h5-6,9,19,21H,7-8,10H2,1-4H3,(H,25,26)/t19-/m0/s1. The molecule has 0 amide bonds. The zero-order valence-corrected chi connectivity index (χ0v) is 16.0. The topological polar surface area (TPSA) is 83.4 Å². The Hall–Kier alpha value is -2.80. The number of carboxylic acid groups (broad SMARTS) is 1. The third kappa shape index (κ3) is 2.78. The normalized spacial score (nSPS) is 15.7. The van der Waals surface area contributed by atoms with Gasteiger partial charge in [0.25, 0.3) is 0 Å². The van der Waals surface area contributed by atoms with E-state index < -0.39 is 12.0 Å². The maximum absolute atomic E-state index is 12.2. The van der Waals surface area contributed by atoms with Crippen LogP contribution in [0.15, 0.2) is 18.2 Å². The average molecular weight is 368 g/mol. The van der Waals surface area contributed by atoms with Crippen LogP contribution in [0.1, 0.15) is 34.3 Å². The quantitative estimate of drug-likeness (QED) is 0.740. The van der Waals surface area contributed by atoms with Gasteiger partial charge >= 0.3 is 5.97 Å². The van der Waals surface area contributed by atoms with E-state index in [2.05, 4.69) is 10.1 Å². The third-order valence-electron chi connectivity index (χ3n) is 5.65. The van der Waals surface area contributed by atoms with Gasteiger partial charge in [-0.3, -0.25) is 14.4 Å². The molecule has 4 rings (SSSR count). The zero-order chi connectivity index (χ0) is 19.3. The van der Waals surface area contributed by atoms with E-state index in [-0.39, 0.29) is 0 Å². The van der Waals surface area contributed by atoms with E-state index in [0.717, 1.165) is 45.6 Å². The van der Waals surface area contributed by atoms with E-state index in [9.17, 15) is 9.90 Å². The number of nitrogens with zero attached hydrogens (tertiary/aromatic N) is 3. The molecule has 142 valence electrons. The largest absolute Gasteiger partial charge is 0.497 e. The molecule has 0 fully saturated rings. The molecule has 3 aromatic rings. The molecule has 0 unspecified atom stereocenters. The predicted molar refractivity (Wildman–Crippen MR) is 102 cm³/mol. The van der Waals surface area contributed by atoms with Crippen molar-refractivity contribution in [3.05, 3.63) is 46.4 Å². The van der Waals surface area contributed by atoms with Crippen molar-refractivity contribution in [3.8, 4) is 5.75 Å². The number of aliphatic carboxylic acids is 1. The van der Waals surface area contributed by atoms with E-state index in [0.29, 0.717) is 13.1 Å². The lowest BCUT2D eigenvalue weighted by Gasteiger charge is -2.32. The average Bonchev–Trinajstić information content (AvgIpc) is 3.12. The second-order valence-corrected chi connectivity index (χ2v) is 7.16. The lowest BCUT2D eigenvalue weighted by atomic mass is 9.98. The number of aromatic nitrogens is 3. The van der Waals surface area contributed by atoms with Crippen LogP contribution in [0.3, 0.4) is 0 Å². The summed E-state index contributed by atoms with van der Waals surface area (Å²) in [5, 5.41) is 15.5. The Balaban J connectivity index is 1.76. The van der Waals surface area contributed by atoms with Gasteiger partial charge in [0.1, 0.15) is 11.8 Å². The van der Waals surface area contributed by atoms with Crippen molar-refractivity contribution in [1.82, 2.24) is 19.7 Å². The van der Waals surface area contributed by atoms with Crippen LogP contribution in [-0.2, 0) is 24.8 Å². The van der Waals surface area contributed by atoms with E-state index >= 15 is 0 Å². The monoisotopic (exact) mass is 368 g/mol. The van der Waals surface area contributed by atoms with E-state index in [4.69, 9.17) is 4.74 Å². The minimum Gasteiger partial charge on any atom is -0.497 e. The van der Waals surface area contributed by atoms with Gasteiger partial charge in [-0.05, 0) is 37.6 Å². The molecular weight excluding hydrogens is 344 g/mol. The molecule has 1 atom stereocenters. The molecule has 2 N–H and O–H groups in total. The van der Waals surface area contributed by atoms with Crippen molar-refractivity contribution in [3.63, 3.8) is 0 Å². The first-order chi connectivity index (χ1) is 12.9. The molecule has 0 spiro atoms. The highest BCUT2D eigenvalue weighted by molar-refractivity contribution is 5.86. The van der Waals surface area contributed by atoms with Gasteiger partial charge in [-0.25, -0.2) is 0 Å². The number of carboxylic acids is 1. The first kappa shape index (κ1) is 17.6. The smallest absolute Gasteiger partial charge is 0.325 e. The van der Waals surface area contributed by atoms with E-state index in [1.54, 1.807) is 11.8 Å². The van der Waals surface area contributed by atoms with Crippen LogP contribution >= 0.6 is 0 Å². The summed E-state index contributed by atoms with van der Waals surface area (Å²) in [4.78, 5) is 17.7. The Morgan fingerprint density at radius 2 is 2.15 bits per heavy atom. The third-order valence-corrected chi connectivity index (χ3v) is 5.65. The Morgan fingerprint density at radius 1 is 1.37 bits per heavy atom. The van der Waals surface area contributed by atoms with Gasteiger partial charge < -0.3 is 14.8 Å². The number of carbonyl (C=O) groups is 1. The van der Waals surface area contributed by atoms with Gasteiger partial charge in [-0.2, -0.15) is 5.10 Å². The molecular formula is C20H24N4O3. The van der Waals surface area contributed by atoms with Crippen LogP contribution in [-0.4, -0.2) is 44.4 Å². The molecule has 0 radical (unpaired) electrons. The molecule has 7 heteroatoms. The van der Waals surface area contributed by atoms with Crippen LogP contribution in [0.2, 0.25) is 0 Å². The second kappa shape index (κ2) is 6.42. The summed E-state index contributed by atoms with van der Waals surface area (Å²) in [5.41, 5.74) is 5.85. The van der Waals surface area contributed by atoms with Crippen LogP contribution in [0.5, 0.6) is 5.75 Å². The van der Waals surface area contributed by atoms with Gasteiger partial charge in [-0.15, -0.1) is 0 Å². The van der Waals surface area contributed by atoms with Gasteiger partial charge in [0.05, 0.1) is 12.8 Å². The molecule has 1 aromatic carbocycles. The zero-order valence-electron chi connectivity index (χ0n) is 16.0. The maximum atomic E-state index is 12.2. The minimum absolute atomic E-state index is 0.577. The number of H-pyrrole nitrogens is 1. The number of hydrogen-bond donors (Lipinski definition) is 2. The highest BCUT2D eigenvalue weighted by Gasteiger charge is 2.35. The summed E-state index contributed by atoms with van der Waals surface area (Å²) < 4.78 is 7.12. The number of ether oxygens (including phenoxy) is 1.